The number of nitrogens with zero attached hydrogens (tertiary/aromatic N) is 2. The van der Waals surface area contributed by atoms with Crippen LogP contribution in [0.5, 0.6) is 0 Å². The van der Waals surface area contributed by atoms with Gasteiger partial charge >= 0.3 is 0 Å². The Balaban J connectivity index is 1.25. The molecule has 4 unspecified atom stereocenters. The van der Waals surface area contributed by atoms with Crippen molar-refractivity contribution in [2.24, 2.45) is 16.3 Å². The highest BCUT2D eigenvalue weighted by Crippen LogP contribution is 2.52. The SMILES string of the molecule is CN=C(NC1C2CCOC2C1(C)C)N1CCC(OCC2CCCO2)CC1. The van der Waals surface area contributed by atoms with Gasteiger partial charge in [-0.1, -0.05) is 13.8 Å². The lowest BCUT2D eigenvalue weighted by Crippen LogP contribution is -2.68. The molecule has 6 nitrogen and oxygen atoms in total. The molecule has 1 N–H and O–H groups in total. The molecule has 3 aliphatic heterocycles. The van der Waals surface area contributed by atoms with Crippen LogP contribution in [0.4, 0.5) is 0 Å². The zero-order chi connectivity index (χ0) is 18.1. The average Bonchev–Trinajstić information content (AvgIpc) is 3.32. The predicted octanol–water partition coefficient (Wildman–Crippen LogP) is 2.04. The lowest BCUT2D eigenvalue weighted by atomic mass is 9.57. The van der Waals surface area contributed by atoms with E-state index in [1.807, 2.05) is 7.05 Å². The normalized spacial score (nSPS) is 37.5. The van der Waals surface area contributed by atoms with E-state index in [2.05, 4.69) is 29.1 Å². The van der Waals surface area contributed by atoms with E-state index in [-0.39, 0.29) is 5.41 Å². The summed E-state index contributed by atoms with van der Waals surface area (Å²) >= 11 is 0. The number of rotatable bonds is 4. The van der Waals surface area contributed by atoms with Gasteiger partial charge in [0.1, 0.15) is 0 Å². The first kappa shape index (κ1) is 18.5. The van der Waals surface area contributed by atoms with E-state index in [1.54, 1.807) is 0 Å². The van der Waals surface area contributed by atoms with Crippen LogP contribution >= 0.6 is 0 Å². The maximum absolute atomic E-state index is 6.10. The zero-order valence-corrected chi connectivity index (χ0v) is 16.6. The fourth-order valence-corrected chi connectivity index (χ4v) is 5.31. The van der Waals surface area contributed by atoms with Gasteiger partial charge in [0.15, 0.2) is 5.96 Å². The molecule has 4 fully saturated rings. The van der Waals surface area contributed by atoms with Gasteiger partial charge in [0.2, 0.25) is 0 Å². The minimum absolute atomic E-state index is 0.180. The predicted molar refractivity (Wildman–Crippen MR) is 101 cm³/mol. The molecule has 0 aromatic carbocycles. The number of hydrogen-bond acceptors (Lipinski definition) is 4. The molecule has 1 aliphatic carbocycles. The molecule has 3 heterocycles. The van der Waals surface area contributed by atoms with Crippen molar-refractivity contribution in [2.45, 2.75) is 70.3 Å². The molecule has 0 aromatic heterocycles. The quantitative estimate of drug-likeness (QED) is 0.610. The van der Waals surface area contributed by atoms with Crippen LogP contribution in [0.2, 0.25) is 0 Å². The first-order valence-corrected chi connectivity index (χ1v) is 10.4. The second kappa shape index (κ2) is 7.64. The number of nitrogens with one attached hydrogen (secondary N) is 1. The molecule has 148 valence electrons. The van der Waals surface area contributed by atoms with Crippen molar-refractivity contribution in [3.8, 4) is 0 Å². The summed E-state index contributed by atoms with van der Waals surface area (Å²) in [4.78, 5) is 6.97. The highest BCUT2D eigenvalue weighted by atomic mass is 16.5. The Morgan fingerprint density at radius 1 is 1.15 bits per heavy atom. The zero-order valence-electron chi connectivity index (χ0n) is 16.6. The first-order valence-electron chi connectivity index (χ1n) is 10.4. The Hall–Kier alpha value is -0.850. The standard InChI is InChI=1S/C20H35N3O3/c1-20(2)17(16-8-12-25-18(16)20)22-19(21-3)23-9-6-14(7-10-23)26-13-15-5-4-11-24-15/h14-18H,4-13H2,1-3H3,(H,21,22). The van der Waals surface area contributed by atoms with Gasteiger partial charge in [-0.05, 0) is 32.1 Å². The van der Waals surface area contributed by atoms with Gasteiger partial charge in [-0.3, -0.25) is 4.99 Å². The third kappa shape index (κ3) is 3.48. The van der Waals surface area contributed by atoms with E-state index in [0.717, 1.165) is 58.1 Å². The van der Waals surface area contributed by atoms with Gasteiger partial charge in [-0.15, -0.1) is 0 Å². The number of aliphatic imine (C=N–C) groups is 1. The molecule has 6 heteroatoms. The summed E-state index contributed by atoms with van der Waals surface area (Å²) in [6, 6.07) is 0.460. The van der Waals surface area contributed by atoms with Crippen LogP contribution in [0.25, 0.3) is 0 Å². The van der Waals surface area contributed by atoms with Crippen molar-refractivity contribution < 1.29 is 14.2 Å². The number of hydrogen-bond donors (Lipinski definition) is 1. The summed E-state index contributed by atoms with van der Waals surface area (Å²) < 4.78 is 17.7. The highest BCUT2D eigenvalue weighted by Gasteiger charge is 2.59. The Morgan fingerprint density at radius 3 is 2.65 bits per heavy atom. The fourth-order valence-electron chi connectivity index (χ4n) is 5.31. The topological polar surface area (TPSA) is 55.3 Å². The number of fused-ring (bicyclic) bond motifs is 1. The van der Waals surface area contributed by atoms with Crippen molar-refractivity contribution in [1.29, 1.82) is 0 Å². The van der Waals surface area contributed by atoms with Gasteiger partial charge in [0.25, 0.3) is 0 Å². The molecular formula is C20H35N3O3. The molecule has 0 amide bonds. The minimum Gasteiger partial charge on any atom is -0.377 e. The average molecular weight is 366 g/mol. The Bertz CT molecular complexity index is 510. The monoisotopic (exact) mass is 365 g/mol. The van der Waals surface area contributed by atoms with E-state index < -0.39 is 0 Å². The summed E-state index contributed by atoms with van der Waals surface area (Å²) in [5.74, 6) is 1.68. The lowest BCUT2D eigenvalue weighted by Gasteiger charge is -2.55. The molecular weight excluding hydrogens is 330 g/mol. The third-order valence-corrected chi connectivity index (χ3v) is 6.88. The Labute approximate surface area is 157 Å². The summed E-state index contributed by atoms with van der Waals surface area (Å²) in [6.45, 7) is 9.21. The number of guanidine groups is 1. The second-order valence-electron chi connectivity index (χ2n) is 8.89. The molecule has 4 aliphatic rings. The van der Waals surface area contributed by atoms with E-state index in [0.29, 0.717) is 30.3 Å². The third-order valence-electron chi connectivity index (χ3n) is 6.88. The molecule has 4 atom stereocenters. The van der Waals surface area contributed by atoms with Crippen LogP contribution in [0, 0.1) is 11.3 Å². The molecule has 0 radical (unpaired) electrons. The van der Waals surface area contributed by atoms with Gasteiger partial charge in [-0.25, -0.2) is 0 Å². The largest absolute Gasteiger partial charge is 0.377 e. The van der Waals surface area contributed by atoms with Crippen molar-refractivity contribution >= 4 is 5.96 Å². The van der Waals surface area contributed by atoms with Crippen molar-refractivity contribution in [1.82, 2.24) is 10.2 Å². The summed E-state index contributed by atoms with van der Waals surface area (Å²) in [7, 11) is 1.90. The smallest absolute Gasteiger partial charge is 0.193 e. The van der Waals surface area contributed by atoms with Crippen LogP contribution in [0.15, 0.2) is 4.99 Å². The van der Waals surface area contributed by atoms with Crippen molar-refractivity contribution in [3.63, 3.8) is 0 Å². The van der Waals surface area contributed by atoms with E-state index in [9.17, 15) is 0 Å². The summed E-state index contributed by atoms with van der Waals surface area (Å²) in [5.41, 5.74) is 0.180. The van der Waals surface area contributed by atoms with E-state index in [1.165, 1.54) is 12.8 Å². The number of likely N-dealkylation sites (tertiary alicyclic amines) is 1. The maximum Gasteiger partial charge on any atom is 0.193 e. The van der Waals surface area contributed by atoms with E-state index in [4.69, 9.17) is 14.2 Å². The first-order chi connectivity index (χ1) is 12.6. The lowest BCUT2D eigenvalue weighted by molar-refractivity contribution is -0.107. The summed E-state index contributed by atoms with van der Waals surface area (Å²) in [6.07, 6.45) is 6.73. The van der Waals surface area contributed by atoms with Crippen LogP contribution in [-0.2, 0) is 14.2 Å². The van der Waals surface area contributed by atoms with Crippen molar-refractivity contribution in [2.75, 3.05) is 40.0 Å². The van der Waals surface area contributed by atoms with Crippen LogP contribution in [-0.4, -0.2) is 75.2 Å². The molecule has 4 rings (SSSR count). The van der Waals surface area contributed by atoms with Gasteiger partial charge in [-0.2, -0.15) is 0 Å². The van der Waals surface area contributed by atoms with Crippen LogP contribution < -0.4 is 5.32 Å². The van der Waals surface area contributed by atoms with Gasteiger partial charge in [0, 0.05) is 50.7 Å². The number of ether oxygens (including phenoxy) is 3. The molecule has 3 saturated heterocycles. The van der Waals surface area contributed by atoms with Crippen LogP contribution in [0.3, 0.4) is 0 Å². The number of piperidine rings is 1. The van der Waals surface area contributed by atoms with Gasteiger partial charge < -0.3 is 24.4 Å². The Morgan fingerprint density at radius 2 is 1.96 bits per heavy atom. The molecule has 0 aromatic rings. The molecule has 0 spiro atoms. The minimum atomic E-state index is 0.180. The van der Waals surface area contributed by atoms with Crippen LogP contribution in [0.1, 0.15) is 46.0 Å². The molecule has 1 saturated carbocycles. The fraction of sp³-hybridized carbons (Fsp3) is 0.950. The molecule has 26 heavy (non-hydrogen) atoms. The highest BCUT2D eigenvalue weighted by molar-refractivity contribution is 5.80. The molecule has 0 bridgehead atoms. The van der Waals surface area contributed by atoms with E-state index >= 15 is 0 Å². The van der Waals surface area contributed by atoms with Gasteiger partial charge in [0.05, 0.1) is 24.9 Å². The second-order valence-corrected chi connectivity index (χ2v) is 8.89. The van der Waals surface area contributed by atoms with Crippen molar-refractivity contribution in [3.05, 3.63) is 0 Å². The Kier molecular flexibility index (Phi) is 5.44. The summed E-state index contributed by atoms with van der Waals surface area (Å²) in [5, 5.41) is 3.76. The maximum atomic E-state index is 6.10.